The first-order valence-electron chi connectivity index (χ1n) is 14.2. The van der Waals surface area contributed by atoms with Gasteiger partial charge in [-0.15, -0.1) is 0 Å². The number of carbonyl (C=O) groups excluding carboxylic acids is 2. The zero-order chi connectivity index (χ0) is 31.7. The maximum absolute atomic E-state index is 14.4. The number of hydrogen-bond acceptors (Lipinski definition) is 5. The van der Waals surface area contributed by atoms with Crippen molar-refractivity contribution in [3.05, 3.63) is 125 Å². The molecule has 4 aromatic carbocycles. The van der Waals surface area contributed by atoms with Gasteiger partial charge in [-0.3, -0.25) is 13.9 Å². The molecule has 8 nitrogen and oxygen atoms in total. The van der Waals surface area contributed by atoms with Crippen LogP contribution in [0.2, 0.25) is 5.02 Å². The third kappa shape index (κ3) is 8.18. The molecule has 0 aliphatic rings. The number of ether oxygens (including phenoxy) is 1. The van der Waals surface area contributed by atoms with Gasteiger partial charge in [0.15, 0.2) is 0 Å². The zero-order valence-corrected chi connectivity index (χ0v) is 26.5. The number of halogens is 1. The summed E-state index contributed by atoms with van der Waals surface area (Å²) in [6.07, 6.45) is 0.225. The highest BCUT2D eigenvalue weighted by Gasteiger charge is 2.34. The first kappa shape index (κ1) is 32.6. The second kappa shape index (κ2) is 14.9. The van der Waals surface area contributed by atoms with Crippen LogP contribution in [-0.4, -0.2) is 51.4 Å². The summed E-state index contributed by atoms with van der Waals surface area (Å²) in [5.74, 6) is -0.476. The van der Waals surface area contributed by atoms with Crippen LogP contribution in [0.3, 0.4) is 0 Å². The minimum atomic E-state index is -4.21. The summed E-state index contributed by atoms with van der Waals surface area (Å²) in [6, 6.07) is 28.4. The second-order valence-corrected chi connectivity index (χ2v) is 12.6. The van der Waals surface area contributed by atoms with Crippen molar-refractivity contribution in [2.45, 2.75) is 37.8 Å². The Hall–Kier alpha value is -4.34. The average molecular weight is 634 g/mol. The smallest absolute Gasteiger partial charge is 0.264 e. The Bertz CT molecular complexity index is 1680. The van der Waals surface area contributed by atoms with Gasteiger partial charge in [0.05, 0.1) is 17.7 Å². The maximum Gasteiger partial charge on any atom is 0.264 e. The number of anilines is 1. The van der Waals surface area contributed by atoms with Crippen LogP contribution in [0.25, 0.3) is 0 Å². The lowest BCUT2D eigenvalue weighted by Crippen LogP contribution is -2.53. The molecule has 0 fully saturated rings. The lowest BCUT2D eigenvalue weighted by atomic mass is 10.0. The normalized spacial score (nSPS) is 11.8. The molecule has 0 unspecified atom stereocenters. The molecule has 0 bridgehead atoms. The van der Waals surface area contributed by atoms with E-state index in [0.717, 1.165) is 15.4 Å². The van der Waals surface area contributed by atoms with E-state index in [1.54, 1.807) is 61.5 Å². The number of nitrogens with zero attached hydrogens (tertiary/aromatic N) is 2. The molecule has 4 aromatic rings. The molecule has 4 rings (SSSR count). The number of hydrogen-bond donors (Lipinski definition) is 1. The minimum absolute atomic E-state index is 0.0321. The molecule has 1 N–H and O–H groups in total. The third-order valence-corrected chi connectivity index (χ3v) is 9.12. The molecule has 2 amide bonds. The van der Waals surface area contributed by atoms with Gasteiger partial charge >= 0.3 is 0 Å². The van der Waals surface area contributed by atoms with Gasteiger partial charge in [0.25, 0.3) is 10.0 Å². The largest absolute Gasteiger partial charge is 0.497 e. The van der Waals surface area contributed by atoms with Gasteiger partial charge in [0, 0.05) is 30.6 Å². The number of methoxy groups -OCH3 is 1. The Morgan fingerprint density at radius 2 is 1.57 bits per heavy atom. The van der Waals surface area contributed by atoms with Crippen LogP contribution in [0.5, 0.6) is 5.75 Å². The molecule has 0 saturated carbocycles. The average Bonchev–Trinajstić information content (AvgIpc) is 3.02. The molecular formula is C34H36ClN3O5S. The SMILES string of the molecule is CCNC(=O)[C@H](Cc1ccccc1)N(Cc1cccc(Cl)c1)C(=O)CN(c1cccc(OC)c1)S(=O)(=O)c1ccc(C)cc1. The van der Waals surface area contributed by atoms with E-state index in [9.17, 15) is 18.0 Å². The first-order chi connectivity index (χ1) is 21.1. The van der Waals surface area contributed by atoms with E-state index in [1.165, 1.54) is 24.1 Å². The number of aryl methyl sites for hydroxylation is 1. The Balaban J connectivity index is 1.81. The van der Waals surface area contributed by atoms with Crippen LogP contribution < -0.4 is 14.4 Å². The fourth-order valence-electron chi connectivity index (χ4n) is 4.81. The maximum atomic E-state index is 14.4. The third-order valence-electron chi connectivity index (χ3n) is 7.09. The fourth-order valence-corrected chi connectivity index (χ4v) is 6.43. The van der Waals surface area contributed by atoms with Crippen molar-refractivity contribution in [1.29, 1.82) is 0 Å². The van der Waals surface area contributed by atoms with Crippen LogP contribution in [0, 0.1) is 6.92 Å². The Kier molecular flexibility index (Phi) is 11.0. The van der Waals surface area contributed by atoms with Crippen LogP contribution in [0.4, 0.5) is 5.69 Å². The lowest BCUT2D eigenvalue weighted by molar-refractivity contribution is -0.140. The second-order valence-electron chi connectivity index (χ2n) is 10.3. The molecule has 230 valence electrons. The first-order valence-corrected chi connectivity index (χ1v) is 16.0. The number of amides is 2. The molecule has 10 heteroatoms. The number of likely N-dealkylation sites (N-methyl/N-ethyl adjacent to an activating group) is 1. The Labute approximate surface area is 264 Å². The van der Waals surface area contributed by atoms with Gasteiger partial charge in [0.1, 0.15) is 18.3 Å². The lowest BCUT2D eigenvalue weighted by Gasteiger charge is -2.34. The van der Waals surface area contributed by atoms with Crippen LogP contribution in [-0.2, 0) is 32.6 Å². The molecule has 0 radical (unpaired) electrons. The van der Waals surface area contributed by atoms with E-state index in [0.29, 0.717) is 22.9 Å². The Morgan fingerprint density at radius 1 is 0.886 bits per heavy atom. The van der Waals surface area contributed by atoms with Crippen molar-refractivity contribution < 1.29 is 22.7 Å². The summed E-state index contributed by atoms with van der Waals surface area (Å²) in [5, 5.41) is 3.33. The summed E-state index contributed by atoms with van der Waals surface area (Å²) < 4.78 is 34.7. The highest BCUT2D eigenvalue weighted by molar-refractivity contribution is 7.92. The minimum Gasteiger partial charge on any atom is -0.497 e. The predicted octanol–water partition coefficient (Wildman–Crippen LogP) is 5.63. The highest BCUT2D eigenvalue weighted by Crippen LogP contribution is 2.28. The van der Waals surface area contributed by atoms with E-state index in [1.807, 2.05) is 43.3 Å². The van der Waals surface area contributed by atoms with E-state index in [-0.39, 0.29) is 29.5 Å². The van der Waals surface area contributed by atoms with Crippen LogP contribution >= 0.6 is 11.6 Å². The molecule has 0 aromatic heterocycles. The van der Waals surface area contributed by atoms with Gasteiger partial charge in [0.2, 0.25) is 11.8 Å². The van der Waals surface area contributed by atoms with Gasteiger partial charge in [-0.1, -0.05) is 77.8 Å². The molecule has 0 aliphatic heterocycles. The number of rotatable bonds is 13. The topological polar surface area (TPSA) is 96.0 Å². The summed E-state index contributed by atoms with van der Waals surface area (Å²) in [4.78, 5) is 29.4. The summed E-state index contributed by atoms with van der Waals surface area (Å²) in [5.41, 5.74) is 2.69. The fraction of sp³-hybridized carbons (Fsp3) is 0.235. The number of sulfonamides is 1. The van der Waals surface area contributed by atoms with E-state index in [4.69, 9.17) is 16.3 Å². The van der Waals surface area contributed by atoms with Gasteiger partial charge in [-0.2, -0.15) is 0 Å². The molecule has 0 aliphatic carbocycles. The number of benzene rings is 4. The van der Waals surface area contributed by atoms with Crippen molar-refractivity contribution in [2.75, 3.05) is 24.5 Å². The quantitative estimate of drug-likeness (QED) is 0.206. The molecular weight excluding hydrogens is 598 g/mol. The molecule has 0 spiro atoms. The number of carbonyl (C=O) groups is 2. The summed E-state index contributed by atoms with van der Waals surface area (Å²) in [7, 11) is -2.73. The molecule has 0 heterocycles. The van der Waals surface area contributed by atoms with E-state index >= 15 is 0 Å². The van der Waals surface area contributed by atoms with Crippen molar-refractivity contribution in [3.8, 4) is 5.75 Å². The van der Waals surface area contributed by atoms with Crippen LogP contribution in [0.15, 0.2) is 108 Å². The molecule has 44 heavy (non-hydrogen) atoms. The molecule has 0 saturated heterocycles. The number of nitrogens with one attached hydrogen (secondary N) is 1. The van der Waals surface area contributed by atoms with Crippen LogP contribution in [0.1, 0.15) is 23.6 Å². The molecule has 1 atom stereocenters. The standard InChI is InChI=1S/C34H36ClN3O5S/c1-4-36-34(40)32(21-26-10-6-5-7-11-26)37(23-27-12-8-13-28(35)20-27)33(39)24-38(29-14-9-15-30(22-29)43-3)44(41,42)31-18-16-25(2)17-19-31/h5-20,22,32H,4,21,23-24H2,1-3H3,(H,36,40)/t32-/m0/s1. The predicted molar refractivity (Wildman–Crippen MR) is 173 cm³/mol. The van der Waals surface area contributed by atoms with Crippen molar-refractivity contribution >= 4 is 39.1 Å². The zero-order valence-electron chi connectivity index (χ0n) is 24.9. The van der Waals surface area contributed by atoms with E-state index < -0.39 is 28.5 Å². The highest BCUT2D eigenvalue weighted by atomic mass is 35.5. The van der Waals surface area contributed by atoms with Crippen molar-refractivity contribution in [1.82, 2.24) is 10.2 Å². The van der Waals surface area contributed by atoms with Crippen molar-refractivity contribution in [2.24, 2.45) is 0 Å². The van der Waals surface area contributed by atoms with Crippen molar-refractivity contribution in [3.63, 3.8) is 0 Å². The monoisotopic (exact) mass is 633 g/mol. The summed E-state index contributed by atoms with van der Waals surface area (Å²) >= 11 is 6.28. The van der Waals surface area contributed by atoms with Gasteiger partial charge in [-0.05, 0) is 61.4 Å². The van der Waals surface area contributed by atoms with Gasteiger partial charge < -0.3 is 15.0 Å². The summed E-state index contributed by atoms with van der Waals surface area (Å²) in [6.45, 7) is 3.50. The Morgan fingerprint density at radius 3 is 2.23 bits per heavy atom. The van der Waals surface area contributed by atoms with E-state index in [2.05, 4.69) is 5.32 Å². The van der Waals surface area contributed by atoms with Gasteiger partial charge in [-0.25, -0.2) is 8.42 Å².